The molecule has 0 aromatic carbocycles. The zero-order valence-corrected chi connectivity index (χ0v) is 9.85. The molecule has 2 N–H and O–H groups in total. The Morgan fingerprint density at radius 2 is 2.06 bits per heavy atom. The fourth-order valence-electron chi connectivity index (χ4n) is 2.32. The van der Waals surface area contributed by atoms with Gasteiger partial charge in [0.25, 0.3) is 0 Å². The van der Waals surface area contributed by atoms with E-state index in [0.29, 0.717) is 18.5 Å². The minimum atomic E-state index is 0.310. The van der Waals surface area contributed by atoms with Gasteiger partial charge in [0.05, 0.1) is 6.54 Å². The number of aromatic nitrogens is 2. The van der Waals surface area contributed by atoms with E-state index >= 15 is 0 Å². The second kappa shape index (κ2) is 5.30. The van der Waals surface area contributed by atoms with E-state index in [1.165, 1.54) is 32.1 Å². The van der Waals surface area contributed by atoms with Crippen LogP contribution in [0, 0.1) is 5.92 Å². The van der Waals surface area contributed by atoms with Crippen molar-refractivity contribution in [1.29, 1.82) is 0 Å². The summed E-state index contributed by atoms with van der Waals surface area (Å²) < 4.78 is 5.41. The highest BCUT2D eigenvalue weighted by atomic mass is 16.4. The van der Waals surface area contributed by atoms with E-state index < -0.39 is 0 Å². The van der Waals surface area contributed by atoms with Crippen LogP contribution in [0.4, 0.5) is 6.01 Å². The molecule has 1 aromatic heterocycles. The fraction of sp³-hybridized carbons (Fsp3) is 0.818. The first kappa shape index (κ1) is 11.4. The Morgan fingerprint density at radius 3 is 2.69 bits per heavy atom. The highest BCUT2D eigenvalue weighted by molar-refractivity contribution is 5.21. The van der Waals surface area contributed by atoms with E-state index in [1.807, 2.05) is 11.9 Å². The predicted molar refractivity (Wildman–Crippen MR) is 62.0 cm³/mol. The summed E-state index contributed by atoms with van der Waals surface area (Å²) in [5.74, 6) is 1.28. The maximum atomic E-state index is 5.43. The molecule has 1 heterocycles. The monoisotopic (exact) mass is 224 g/mol. The molecule has 1 aromatic rings. The average molecular weight is 224 g/mol. The standard InChI is InChI=1S/C11H20N4O/c1-15(8-9-5-3-2-4-6-9)11-14-13-10(7-12)16-11/h9H,2-8,12H2,1H3. The van der Waals surface area contributed by atoms with Crippen molar-refractivity contribution >= 4 is 6.01 Å². The Hall–Kier alpha value is -1.10. The van der Waals surface area contributed by atoms with Gasteiger partial charge in [0.2, 0.25) is 5.89 Å². The van der Waals surface area contributed by atoms with Crippen LogP contribution in [0.3, 0.4) is 0 Å². The summed E-state index contributed by atoms with van der Waals surface area (Å²) in [6, 6.07) is 0.589. The Morgan fingerprint density at radius 1 is 1.31 bits per heavy atom. The zero-order chi connectivity index (χ0) is 11.4. The summed E-state index contributed by atoms with van der Waals surface area (Å²) >= 11 is 0. The summed E-state index contributed by atoms with van der Waals surface area (Å²) in [6.45, 7) is 1.32. The van der Waals surface area contributed by atoms with Crippen molar-refractivity contribution in [2.24, 2.45) is 11.7 Å². The molecule has 1 fully saturated rings. The molecule has 0 aliphatic heterocycles. The van der Waals surface area contributed by atoms with Crippen LogP contribution in [0.5, 0.6) is 0 Å². The van der Waals surface area contributed by atoms with Gasteiger partial charge in [-0.3, -0.25) is 0 Å². The number of rotatable bonds is 4. The van der Waals surface area contributed by atoms with Crippen LogP contribution in [0.25, 0.3) is 0 Å². The molecule has 0 radical (unpaired) electrons. The molecule has 5 nitrogen and oxygen atoms in total. The molecule has 0 spiro atoms. The molecule has 90 valence electrons. The minimum Gasteiger partial charge on any atom is -0.407 e. The molecule has 0 bridgehead atoms. The summed E-state index contributed by atoms with van der Waals surface area (Å²) in [5.41, 5.74) is 5.43. The molecule has 1 saturated carbocycles. The van der Waals surface area contributed by atoms with Crippen LogP contribution < -0.4 is 10.6 Å². The molecule has 0 amide bonds. The van der Waals surface area contributed by atoms with Gasteiger partial charge in [0, 0.05) is 13.6 Å². The van der Waals surface area contributed by atoms with Crippen molar-refractivity contribution in [2.45, 2.75) is 38.6 Å². The lowest BCUT2D eigenvalue weighted by atomic mass is 9.89. The number of hydrogen-bond acceptors (Lipinski definition) is 5. The van der Waals surface area contributed by atoms with Gasteiger partial charge >= 0.3 is 6.01 Å². The molecule has 0 unspecified atom stereocenters. The third-order valence-corrected chi connectivity index (χ3v) is 3.21. The van der Waals surface area contributed by atoms with Crippen molar-refractivity contribution in [3.63, 3.8) is 0 Å². The Balaban J connectivity index is 1.88. The number of hydrogen-bond donors (Lipinski definition) is 1. The second-order valence-electron chi connectivity index (χ2n) is 4.57. The topological polar surface area (TPSA) is 68.2 Å². The second-order valence-corrected chi connectivity index (χ2v) is 4.57. The maximum absolute atomic E-state index is 5.43. The van der Waals surface area contributed by atoms with Crippen molar-refractivity contribution in [1.82, 2.24) is 10.2 Å². The molecular weight excluding hydrogens is 204 g/mol. The van der Waals surface area contributed by atoms with Crippen LogP contribution in [-0.2, 0) is 6.54 Å². The van der Waals surface area contributed by atoms with Crippen LogP contribution in [0.1, 0.15) is 38.0 Å². The van der Waals surface area contributed by atoms with Crippen LogP contribution in [0.2, 0.25) is 0 Å². The SMILES string of the molecule is CN(CC1CCCCC1)c1nnc(CN)o1. The van der Waals surface area contributed by atoms with Crippen LogP contribution in [0.15, 0.2) is 4.42 Å². The highest BCUT2D eigenvalue weighted by Gasteiger charge is 2.18. The van der Waals surface area contributed by atoms with E-state index in [2.05, 4.69) is 10.2 Å². The van der Waals surface area contributed by atoms with Gasteiger partial charge in [-0.25, -0.2) is 0 Å². The molecule has 0 atom stereocenters. The van der Waals surface area contributed by atoms with Crippen molar-refractivity contribution in [3.8, 4) is 0 Å². The molecule has 1 aliphatic rings. The lowest BCUT2D eigenvalue weighted by Gasteiger charge is -2.25. The lowest BCUT2D eigenvalue weighted by Crippen LogP contribution is -2.27. The smallest absolute Gasteiger partial charge is 0.317 e. The normalized spacial score (nSPS) is 17.6. The van der Waals surface area contributed by atoms with Crippen molar-refractivity contribution < 1.29 is 4.42 Å². The van der Waals surface area contributed by atoms with Gasteiger partial charge in [-0.2, -0.15) is 0 Å². The largest absolute Gasteiger partial charge is 0.407 e. The third-order valence-electron chi connectivity index (χ3n) is 3.21. The summed E-state index contributed by atoms with van der Waals surface area (Å²) in [7, 11) is 2.00. The predicted octanol–water partition coefficient (Wildman–Crippen LogP) is 1.54. The number of anilines is 1. The van der Waals surface area contributed by atoms with Gasteiger partial charge in [0.1, 0.15) is 0 Å². The van der Waals surface area contributed by atoms with Gasteiger partial charge in [-0.15, -0.1) is 5.10 Å². The van der Waals surface area contributed by atoms with Gasteiger partial charge in [-0.1, -0.05) is 24.4 Å². The van der Waals surface area contributed by atoms with Gasteiger partial charge in [-0.05, 0) is 18.8 Å². The number of nitrogens with two attached hydrogens (primary N) is 1. The highest BCUT2D eigenvalue weighted by Crippen LogP contribution is 2.25. The Kier molecular flexibility index (Phi) is 3.77. The first-order valence-electron chi connectivity index (χ1n) is 6.03. The molecule has 2 rings (SSSR count). The zero-order valence-electron chi connectivity index (χ0n) is 9.85. The fourth-order valence-corrected chi connectivity index (χ4v) is 2.32. The van der Waals surface area contributed by atoms with Crippen molar-refractivity contribution in [3.05, 3.63) is 5.89 Å². The van der Waals surface area contributed by atoms with E-state index in [9.17, 15) is 0 Å². The first-order chi connectivity index (χ1) is 7.79. The quantitative estimate of drug-likeness (QED) is 0.840. The van der Waals surface area contributed by atoms with E-state index in [4.69, 9.17) is 10.2 Å². The average Bonchev–Trinajstić information content (AvgIpc) is 2.79. The molecule has 5 heteroatoms. The summed E-state index contributed by atoms with van der Waals surface area (Å²) in [5, 5.41) is 7.85. The number of nitrogens with zero attached hydrogens (tertiary/aromatic N) is 3. The molecule has 1 aliphatic carbocycles. The van der Waals surface area contributed by atoms with E-state index in [-0.39, 0.29) is 0 Å². The lowest BCUT2D eigenvalue weighted by molar-refractivity contribution is 0.355. The Labute approximate surface area is 96.0 Å². The van der Waals surface area contributed by atoms with Crippen LogP contribution in [-0.4, -0.2) is 23.8 Å². The molecular formula is C11H20N4O. The van der Waals surface area contributed by atoms with E-state index in [0.717, 1.165) is 12.5 Å². The third kappa shape index (κ3) is 2.72. The van der Waals surface area contributed by atoms with E-state index in [1.54, 1.807) is 0 Å². The van der Waals surface area contributed by atoms with Crippen LogP contribution >= 0.6 is 0 Å². The maximum Gasteiger partial charge on any atom is 0.317 e. The van der Waals surface area contributed by atoms with Gasteiger partial charge < -0.3 is 15.1 Å². The first-order valence-corrected chi connectivity index (χ1v) is 6.03. The Bertz CT molecular complexity index is 320. The summed E-state index contributed by atoms with van der Waals surface area (Å²) in [6.07, 6.45) is 6.75. The summed E-state index contributed by atoms with van der Waals surface area (Å²) in [4.78, 5) is 2.04. The molecule has 16 heavy (non-hydrogen) atoms. The minimum absolute atomic E-state index is 0.310. The molecule has 0 saturated heterocycles. The van der Waals surface area contributed by atoms with Crippen molar-refractivity contribution in [2.75, 3.05) is 18.5 Å². The van der Waals surface area contributed by atoms with Gasteiger partial charge in [0.15, 0.2) is 0 Å².